The van der Waals surface area contributed by atoms with Crippen molar-refractivity contribution in [3.8, 4) is 0 Å². The quantitative estimate of drug-likeness (QED) is 0.659. The zero-order valence-corrected chi connectivity index (χ0v) is 16.6. The highest BCUT2D eigenvalue weighted by atomic mass is 32.2. The van der Waals surface area contributed by atoms with Crippen molar-refractivity contribution < 1.29 is 49.4 Å². The minimum atomic E-state index is -5.23. The lowest BCUT2D eigenvalue weighted by molar-refractivity contribution is -0.192. The summed E-state index contributed by atoms with van der Waals surface area (Å²) in [4.78, 5) is 12.9. The highest BCUT2D eigenvalue weighted by Crippen LogP contribution is 2.48. The van der Waals surface area contributed by atoms with Crippen LogP contribution in [-0.4, -0.2) is 70.2 Å². The number of aromatic nitrogens is 1. The van der Waals surface area contributed by atoms with Gasteiger partial charge >= 0.3 is 27.7 Å². The molecule has 0 amide bonds. The Balaban J connectivity index is 0.000000396. The number of hydrogen-bond donors (Lipinski definition) is 1. The molecule has 30 heavy (non-hydrogen) atoms. The van der Waals surface area contributed by atoms with Crippen molar-refractivity contribution in [3.05, 3.63) is 30.1 Å². The molecule has 2 saturated heterocycles. The molecule has 1 aromatic heterocycles. The molecule has 0 saturated carbocycles. The Morgan fingerprint density at radius 2 is 1.90 bits per heavy atom. The molecule has 1 unspecified atom stereocenters. The number of rotatable bonds is 4. The number of carbonyl (C=O) groups is 1. The molecule has 15 heteroatoms. The predicted molar refractivity (Wildman–Crippen MR) is 92.9 cm³/mol. The first-order valence-corrected chi connectivity index (χ1v) is 10.6. The van der Waals surface area contributed by atoms with Crippen LogP contribution >= 0.6 is 11.8 Å². The summed E-state index contributed by atoms with van der Waals surface area (Å²) in [5, 5.41) is 7.12. The SMILES string of the molecule is O=C(O)C(F)(F)F.O=S(=O)(N1CC2(CC(OCc3cccnc3)CS2)C1)C(F)(F)F. The molecule has 2 fully saturated rings. The first kappa shape index (κ1) is 24.7. The Kier molecular flexibility index (Phi) is 7.31. The molecule has 2 aliphatic heterocycles. The van der Waals surface area contributed by atoms with E-state index in [1.807, 2.05) is 6.07 Å². The van der Waals surface area contributed by atoms with Gasteiger partial charge < -0.3 is 9.84 Å². The minimum Gasteiger partial charge on any atom is -0.475 e. The highest BCUT2D eigenvalue weighted by Gasteiger charge is 2.60. The third-order valence-electron chi connectivity index (χ3n) is 4.19. The van der Waals surface area contributed by atoms with Gasteiger partial charge in [0.15, 0.2) is 0 Å². The van der Waals surface area contributed by atoms with Crippen LogP contribution in [0.5, 0.6) is 0 Å². The average Bonchev–Trinajstić information content (AvgIpc) is 3.03. The van der Waals surface area contributed by atoms with E-state index in [1.54, 1.807) is 18.5 Å². The summed E-state index contributed by atoms with van der Waals surface area (Å²) in [6.07, 6.45) is -1.26. The Morgan fingerprint density at radius 3 is 2.37 bits per heavy atom. The van der Waals surface area contributed by atoms with Gasteiger partial charge in [-0.3, -0.25) is 4.98 Å². The minimum absolute atomic E-state index is 0.0871. The molecule has 1 spiro atoms. The Hall–Kier alpha value is -1.58. The van der Waals surface area contributed by atoms with E-state index in [4.69, 9.17) is 14.6 Å². The van der Waals surface area contributed by atoms with Gasteiger partial charge in [-0.15, -0.1) is 11.8 Å². The number of sulfonamides is 1. The number of aliphatic carboxylic acids is 1. The molecule has 1 atom stereocenters. The maximum Gasteiger partial charge on any atom is 0.511 e. The number of carboxylic acids is 1. The smallest absolute Gasteiger partial charge is 0.475 e. The van der Waals surface area contributed by atoms with Crippen LogP contribution in [0.15, 0.2) is 24.5 Å². The first-order valence-electron chi connectivity index (χ1n) is 8.17. The van der Waals surface area contributed by atoms with Crippen LogP contribution in [0.3, 0.4) is 0 Å². The largest absolute Gasteiger partial charge is 0.511 e. The second-order valence-electron chi connectivity index (χ2n) is 6.51. The van der Waals surface area contributed by atoms with E-state index >= 15 is 0 Å². The molecule has 3 heterocycles. The fourth-order valence-corrected chi connectivity index (χ4v) is 5.58. The fourth-order valence-electron chi connectivity index (χ4n) is 2.74. The lowest BCUT2D eigenvalue weighted by Gasteiger charge is -2.46. The average molecular weight is 482 g/mol. The van der Waals surface area contributed by atoms with Gasteiger partial charge in [0.05, 0.1) is 12.7 Å². The molecular formula is C15H16F6N2O5S2. The zero-order chi connectivity index (χ0) is 22.8. The van der Waals surface area contributed by atoms with Gasteiger partial charge in [-0.25, -0.2) is 13.2 Å². The van der Waals surface area contributed by atoms with E-state index < -0.39 is 32.4 Å². The zero-order valence-electron chi connectivity index (χ0n) is 15.0. The van der Waals surface area contributed by atoms with E-state index in [0.29, 0.717) is 23.1 Å². The van der Waals surface area contributed by atoms with Crippen molar-refractivity contribution in [1.82, 2.24) is 9.29 Å². The second kappa shape index (κ2) is 8.88. The summed E-state index contributed by atoms with van der Waals surface area (Å²) in [5.74, 6) is -2.10. The van der Waals surface area contributed by atoms with Gasteiger partial charge in [-0.2, -0.15) is 30.6 Å². The summed E-state index contributed by atoms with van der Waals surface area (Å²) in [7, 11) is -5.20. The maximum atomic E-state index is 12.5. The van der Waals surface area contributed by atoms with E-state index in [9.17, 15) is 34.8 Å². The van der Waals surface area contributed by atoms with Gasteiger partial charge in [-0.1, -0.05) is 6.07 Å². The third-order valence-corrected chi connectivity index (χ3v) is 7.29. The van der Waals surface area contributed by atoms with E-state index in [2.05, 4.69) is 4.98 Å². The summed E-state index contributed by atoms with van der Waals surface area (Å²) in [6, 6.07) is 3.68. The van der Waals surface area contributed by atoms with E-state index in [-0.39, 0.29) is 19.2 Å². The molecular weight excluding hydrogens is 466 g/mol. The van der Waals surface area contributed by atoms with Crippen LogP contribution in [0.1, 0.15) is 12.0 Å². The summed E-state index contributed by atoms with van der Waals surface area (Å²) >= 11 is 1.49. The molecule has 0 aromatic carbocycles. The molecule has 0 radical (unpaired) electrons. The van der Waals surface area contributed by atoms with Crippen molar-refractivity contribution in [2.24, 2.45) is 0 Å². The summed E-state index contributed by atoms with van der Waals surface area (Å²) < 4.78 is 97.7. The lowest BCUT2D eigenvalue weighted by atomic mass is 9.95. The number of pyridine rings is 1. The number of nitrogens with zero attached hydrogens (tertiary/aromatic N) is 2. The van der Waals surface area contributed by atoms with Gasteiger partial charge in [0.1, 0.15) is 0 Å². The number of carboxylic acid groups (broad SMARTS) is 1. The third kappa shape index (κ3) is 5.98. The van der Waals surface area contributed by atoms with Crippen LogP contribution in [-0.2, 0) is 26.2 Å². The Labute approximate surface area is 171 Å². The van der Waals surface area contributed by atoms with E-state index in [0.717, 1.165) is 5.56 Å². The van der Waals surface area contributed by atoms with Gasteiger partial charge in [0, 0.05) is 36.0 Å². The highest BCUT2D eigenvalue weighted by molar-refractivity contribution is 8.01. The van der Waals surface area contributed by atoms with Gasteiger partial charge in [0.2, 0.25) is 0 Å². The molecule has 170 valence electrons. The molecule has 1 N–H and O–H groups in total. The second-order valence-corrected chi connectivity index (χ2v) is 9.93. The van der Waals surface area contributed by atoms with Crippen LogP contribution in [0.2, 0.25) is 0 Å². The van der Waals surface area contributed by atoms with Gasteiger partial charge in [-0.05, 0) is 18.1 Å². The Morgan fingerprint density at radius 1 is 1.30 bits per heavy atom. The molecule has 0 aliphatic carbocycles. The Bertz CT molecular complexity index is 841. The number of halogens is 6. The first-order chi connectivity index (χ1) is 13.7. The van der Waals surface area contributed by atoms with Crippen LogP contribution < -0.4 is 0 Å². The van der Waals surface area contributed by atoms with Crippen molar-refractivity contribution in [1.29, 1.82) is 0 Å². The van der Waals surface area contributed by atoms with Crippen molar-refractivity contribution >= 4 is 27.8 Å². The van der Waals surface area contributed by atoms with Gasteiger partial charge in [0.25, 0.3) is 0 Å². The normalized spacial score (nSPS) is 21.6. The molecule has 0 bridgehead atoms. The fraction of sp³-hybridized carbons (Fsp3) is 0.600. The molecule has 2 aliphatic rings. The van der Waals surface area contributed by atoms with Crippen molar-refractivity contribution in [2.45, 2.75) is 35.6 Å². The summed E-state index contributed by atoms with van der Waals surface area (Å²) in [5.41, 5.74) is -4.30. The lowest BCUT2D eigenvalue weighted by Crippen LogP contribution is -2.62. The van der Waals surface area contributed by atoms with E-state index in [1.165, 1.54) is 11.8 Å². The molecule has 3 rings (SSSR count). The number of hydrogen-bond acceptors (Lipinski definition) is 6. The van der Waals surface area contributed by atoms with Crippen LogP contribution in [0, 0.1) is 0 Å². The maximum absolute atomic E-state index is 12.5. The number of thioether (sulfide) groups is 1. The van der Waals surface area contributed by atoms with Crippen molar-refractivity contribution in [3.63, 3.8) is 0 Å². The monoisotopic (exact) mass is 482 g/mol. The summed E-state index contributed by atoms with van der Waals surface area (Å²) in [6.45, 7) is 0.179. The van der Waals surface area contributed by atoms with Crippen LogP contribution in [0.4, 0.5) is 26.3 Å². The standard InChI is InChI=1S/C13H15F3N2O3S2.C2HF3O2/c14-13(15,16)23(19,20)18-8-12(9-18)4-11(7-22-12)21-6-10-2-1-3-17-5-10;3-2(4,5)1(6)7/h1-3,5,11H,4,6-9H2;(H,6,7). The van der Waals surface area contributed by atoms with Crippen LogP contribution in [0.25, 0.3) is 0 Å². The van der Waals surface area contributed by atoms with Crippen molar-refractivity contribution in [2.75, 3.05) is 18.8 Å². The predicted octanol–water partition coefficient (Wildman–Crippen LogP) is 2.64. The number of alkyl halides is 6. The topological polar surface area (TPSA) is 96.8 Å². The molecule has 7 nitrogen and oxygen atoms in total. The molecule has 1 aromatic rings. The number of ether oxygens (including phenoxy) is 1.